The van der Waals surface area contributed by atoms with Gasteiger partial charge in [0.05, 0.1) is 5.69 Å². The molecule has 132 valence electrons. The molecule has 0 saturated heterocycles. The summed E-state index contributed by atoms with van der Waals surface area (Å²) < 4.78 is 22.9. The lowest BCUT2D eigenvalue weighted by Crippen LogP contribution is -2.12. The molecule has 0 aliphatic heterocycles. The van der Waals surface area contributed by atoms with Crippen molar-refractivity contribution in [1.82, 2.24) is 10.2 Å². The number of amides is 1. The molecule has 0 unspecified atom stereocenters. The van der Waals surface area contributed by atoms with Gasteiger partial charge >= 0.3 is 0 Å². The highest BCUT2D eigenvalue weighted by molar-refractivity contribution is 7.90. The number of nitrogens with zero attached hydrogens (tertiary/aromatic N) is 2. The molecule has 0 atom stereocenters. The quantitative estimate of drug-likeness (QED) is 0.765. The van der Waals surface area contributed by atoms with Gasteiger partial charge in [-0.05, 0) is 43.3 Å². The molecule has 1 amide bonds. The number of carbonyl (C=O) groups is 1. The standard InChI is InChI=1S/C19H17N3O3S/c1-13-5-3-7-15(11-13)19(23)20-16-8-4-6-14(12-16)17-9-10-18(22-21-17)26(2,24)25/h3-12H,1-2H3,(H,20,23). The zero-order chi connectivity index (χ0) is 18.7. The van der Waals surface area contributed by atoms with Gasteiger partial charge in [-0.3, -0.25) is 4.79 Å². The zero-order valence-electron chi connectivity index (χ0n) is 14.3. The molecule has 3 rings (SSSR count). The van der Waals surface area contributed by atoms with E-state index in [0.29, 0.717) is 16.9 Å². The van der Waals surface area contributed by atoms with E-state index in [1.165, 1.54) is 6.07 Å². The third kappa shape index (κ3) is 4.12. The third-order valence-corrected chi connectivity index (χ3v) is 4.69. The average molecular weight is 367 g/mol. The number of rotatable bonds is 4. The fourth-order valence-electron chi connectivity index (χ4n) is 2.42. The van der Waals surface area contributed by atoms with E-state index in [1.54, 1.807) is 30.3 Å². The predicted octanol–water partition coefficient (Wildman–Crippen LogP) is 3.11. The third-order valence-electron chi connectivity index (χ3n) is 3.72. The lowest BCUT2D eigenvalue weighted by molar-refractivity contribution is 0.102. The van der Waals surface area contributed by atoms with Crippen molar-refractivity contribution >= 4 is 21.4 Å². The number of sulfone groups is 1. The molecule has 0 bridgehead atoms. The van der Waals surface area contributed by atoms with Crippen LogP contribution >= 0.6 is 0 Å². The summed E-state index contributed by atoms with van der Waals surface area (Å²) in [6.45, 7) is 1.93. The molecule has 0 aliphatic rings. The van der Waals surface area contributed by atoms with Gasteiger partial charge in [-0.2, -0.15) is 0 Å². The van der Waals surface area contributed by atoms with E-state index in [1.807, 2.05) is 31.2 Å². The lowest BCUT2D eigenvalue weighted by Gasteiger charge is -2.08. The summed E-state index contributed by atoms with van der Waals surface area (Å²) in [5.74, 6) is -0.204. The Hall–Kier alpha value is -3.06. The van der Waals surface area contributed by atoms with Gasteiger partial charge in [0, 0.05) is 23.1 Å². The molecule has 3 aromatic rings. The van der Waals surface area contributed by atoms with Gasteiger partial charge in [-0.1, -0.05) is 29.8 Å². The van der Waals surface area contributed by atoms with Gasteiger partial charge in [0.15, 0.2) is 14.9 Å². The van der Waals surface area contributed by atoms with Gasteiger partial charge in [-0.25, -0.2) is 8.42 Å². The van der Waals surface area contributed by atoms with E-state index in [2.05, 4.69) is 15.5 Å². The van der Waals surface area contributed by atoms with Crippen molar-refractivity contribution in [3.8, 4) is 11.3 Å². The van der Waals surface area contributed by atoms with E-state index in [9.17, 15) is 13.2 Å². The van der Waals surface area contributed by atoms with Crippen molar-refractivity contribution < 1.29 is 13.2 Å². The highest BCUT2D eigenvalue weighted by Crippen LogP contribution is 2.21. The molecule has 1 aromatic heterocycles. The molecule has 26 heavy (non-hydrogen) atoms. The van der Waals surface area contributed by atoms with E-state index in [0.717, 1.165) is 17.4 Å². The summed E-state index contributed by atoms with van der Waals surface area (Å²) in [5, 5.41) is 10.5. The van der Waals surface area contributed by atoms with Crippen LogP contribution in [0.25, 0.3) is 11.3 Å². The van der Waals surface area contributed by atoms with Gasteiger partial charge in [-0.15, -0.1) is 10.2 Å². The minimum absolute atomic E-state index is 0.0786. The molecular formula is C19H17N3O3S. The summed E-state index contributed by atoms with van der Waals surface area (Å²) in [7, 11) is -3.39. The Kier molecular flexibility index (Phi) is 4.81. The number of anilines is 1. The van der Waals surface area contributed by atoms with Crippen LogP contribution in [0.15, 0.2) is 65.7 Å². The molecule has 6 nitrogen and oxygen atoms in total. The summed E-state index contributed by atoms with van der Waals surface area (Å²) in [6.07, 6.45) is 1.08. The Labute approximate surface area is 151 Å². The Balaban J connectivity index is 1.83. The van der Waals surface area contributed by atoms with Crippen LogP contribution in [0.5, 0.6) is 0 Å². The van der Waals surface area contributed by atoms with E-state index in [4.69, 9.17) is 0 Å². The van der Waals surface area contributed by atoms with Gasteiger partial charge in [0.1, 0.15) is 0 Å². The number of aryl methyl sites for hydroxylation is 1. The monoisotopic (exact) mass is 367 g/mol. The van der Waals surface area contributed by atoms with Crippen LogP contribution < -0.4 is 5.32 Å². The fourth-order valence-corrected chi connectivity index (χ4v) is 2.92. The SMILES string of the molecule is Cc1cccc(C(=O)Nc2cccc(-c3ccc(S(C)(=O)=O)nn3)c2)c1. The summed E-state index contributed by atoms with van der Waals surface area (Å²) in [4.78, 5) is 12.4. The largest absolute Gasteiger partial charge is 0.322 e. The first-order valence-corrected chi connectivity index (χ1v) is 9.74. The van der Waals surface area contributed by atoms with Crippen molar-refractivity contribution in [2.24, 2.45) is 0 Å². The molecular weight excluding hydrogens is 350 g/mol. The first-order valence-electron chi connectivity index (χ1n) is 7.85. The number of benzene rings is 2. The number of hydrogen-bond acceptors (Lipinski definition) is 5. The van der Waals surface area contributed by atoms with E-state index >= 15 is 0 Å². The topological polar surface area (TPSA) is 89.0 Å². The molecule has 0 aliphatic carbocycles. The van der Waals surface area contributed by atoms with Crippen molar-refractivity contribution in [2.75, 3.05) is 11.6 Å². The second kappa shape index (κ2) is 7.05. The molecule has 0 radical (unpaired) electrons. The lowest BCUT2D eigenvalue weighted by atomic mass is 10.1. The summed E-state index contributed by atoms with van der Waals surface area (Å²) >= 11 is 0. The van der Waals surface area contributed by atoms with Crippen LogP contribution in [0.4, 0.5) is 5.69 Å². The minimum Gasteiger partial charge on any atom is -0.322 e. The molecule has 7 heteroatoms. The minimum atomic E-state index is -3.39. The van der Waals surface area contributed by atoms with Crippen molar-refractivity contribution in [1.29, 1.82) is 0 Å². The van der Waals surface area contributed by atoms with E-state index in [-0.39, 0.29) is 10.9 Å². The normalized spacial score (nSPS) is 11.2. The number of aromatic nitrogens is 2. The van der Waals surface area contributed by atoms with Crippen molar-refractivity contribution in [3.05, 3.63) is 71.8 Å². The molecule has 0 spiro atoms. The summed E-state index contributed by atoms with van der Waals surface area (Å²) in [6, 6.07) is 17.5. The van der Waals surface area contributed by atoms with Crippen LogP contribution in [0, 0.1) is 6.92 Å². The van der Waals surface area contributed by atoms with Gasteiger partial charge in [0.2, 0.25) is 0 Å². The Morgan fingerprint density at radius 1 is 0.962 bits per heavy atom. The van der Waals surface area contributed by atoms with Crippen LogP contribution in [0.1, 0.15) is 15.9 Å². The Bertz CT molecular complexity index is 1060. The predicted molar refractivity (Wildman–Crippen MR) is 99.7 cm³/mol. The highest BCUT2D eigenvalue weighted by Gasteiger charge is 2.11. The molecule has 1 heterocycles. The maximum atomic E-state index is 12.4. The fraction of sp³-hybridized carbons (Fsp3) is 0.105. The number of hydrogen-bond donors (Lipinski definition) is 1. The average Bonchev–Trinajstić information content (AvgIpc) is 2.61. The van der Waals surface area contributed by atoms with Crippen LogP contribution in [0.3, 0.4) is 0 Å². The molecule has 2 aromatic carbocycles. The second-order valence-corrected chi connectivity index (χ2v) is 7.90. The van der Waals surface area contributed by atoms with Crippen molar-refractivity contribution in [3.63, 3.8) is 0 Å². The summed E-state index contributed by atoms with van der Waals surface area (Å²) in [5.41, 5.74) is 3.44. The zero-order valence-corrected chi connectivity index (χ0v) is 15.1. The highest BCUT2D eigenvalue weighted by atomic mass is 32.2. The maximum absolute atomic E-state index is 12.4. The second-order valence-electron chi connectivity index (χ2n) is 5.93. The molecule has 0 fully saturated rings. The van der Waals surface area contributed by atoms with Gasteiger partial charge in [0.25, 0.3) is 5.91 Å². The van der Waals surface area contributed by atoms with Crippen molar-refractivity contribution in [2.45, 2.75) is 11.9 Å². The Morgan fingerprint density at radius 2 is 1.73 bits per heavy atom. The number of nitrogens with one attached hydrogen (secondary N) is 1. The first-order chi connectivity index (χ1) is 12.3. The first kappa shape index (κ1) is 17.8. The molecule has 1 N–H and O–H groups in total. The maximum Gasteiger partial charge on any atom is 0.255 e. The molecule has 0 saturated carbocycles. The number of carbonyl (C=O) groups excluding carboxylic acids is 1. The van der Waals surface area contributed by atoms with Crippen LogP contribution in [0.2, 0.25) is 0 Å². The van der Waals surface area contributed by atoms with Gasteiger partial charge < -0.3 is 5.32 Å². The van der Waals surface area contributed by atoms with E-state index < -0.39 is 9.84 Å². The van der Waals surface area contributed by atoms with Crippen LogP contribution in [-0.4, -0.2) is 30.8 Å². The Morgan fingerprint density at radius 3 is 2.38 bits per heavy atom. The van der Waals surface area contributed by atoms with Crippen LogP contribution in [-0.2, 0) is 9.84 Å². The smallest absolute Gasteiger partial charge is 0.255 e.